The highest BCUT2D eigenvalue weighted by Crippen LogP contribution is 2.24. The second kappa shape index (κ2) is 5.10. The number of nitrogens with zero attached hydrogens (tertiary/aromatic N) is 1. The average Bonchev–Trinajstić information content (AvgIpc) is 2.31. The lowest BCUT2D eigenvalue weighted by Crippen LogP contribution is -2.01. The van der Waals surface area contributed by atoms with Gasteiger partial charge in [-0.25, -0.2) is 4.39 Å². The normalized spacial score (nSPS) is 10.8. The van der Waals surface area contributed by atoms with E-state index in [0.717, 1.165) is 28.8 Å². The van der Waals surface area contributed by atoms with Crippen LogP contribution in [0.1, 0.15) is 12.6 Å². The van der Waals surface area contributed by atoms with Crippen molar-refractivity contribution in [2.24, 2.45) is 0 Å². The summed E-state index contributed by atoms with van der Waals surface area (Å²) in [5.74, 6) is -0.252. The van der Waals surface area contributed by atoms with E-state index in [2.05, 4.69) is 10.3 Å². The second-order valence-corrected chi connectivity index (χ2v) is 3.79. The number of anilines is 1. The smallest absolute Gasteiger partial charge is 0.124 e. The molecule has 17 heavy (non-hydrogen) atoms. The Kier molecular flexibility index (Phi) is 3.54. The molecule has 2 aromatic rings. The molecule has 0 atom stereocenters. The molecule has 0 radical (unpaired) electrons. The first kappa shape index (κ1) is 11.8. The van der Waals surface area contributed by atoms with Crippen molar-refractivity contribution in [1.29, 1.82) is 0 Å². The van der Waals surface area contributed by atoms with E-state index in [0.29, 0.717) is 6.61 Å². The molecular weight excluding hydrogens is 219 g/mol. The fraction of sp³-hybridized carbons (Fsp3) is 0.308. The Labute approximate surface area is 99.6 Å². The Morgan fingerprint density at radius 1 is 1.35 bits per heavy atom. The summed E-state index contributed by atoms with van der Waals surface area (Å²) < 4.78 is 18.3. The van der Waals surface area contributed by atoms with Crippen molar-refractivity contribution in [3.8, 4) is 0 Å². The summed E-state index contributed by atoms with van der Waals surface area (Å²) in [4.78, 5) is 4.42. The molecule has 0 aliphatic rings. The topological polar surface area (TPSA) is 34.1 Å². The average molecular weight is 234 g/mol. The van der Waals surface area contributed by atoms with Gasteiger partial charge in [-0.1, -0.05) is 0 Å². The first-order chi connectivity index (χ1) is 8.24. The molecule has 0 amide bonds. The summed E-state index contributed by atoms with van der Waals surface area (Å²) in [6, 6.07) is 6.50. The highest BCUT2D eigenvalue weighted by molar-refractivity contribution is 5.91. The zero-order valence-corrected chi connectivity index (χ0v) is 9.96. The fourth-order valence-corrected chi connectivity index (χ4v) is 1.81. The first-order valence-corrected chi connectivity index (χ1v) is 5.56. The van der Waals surface area contributed by atoms with Gasteiger partial charge in [0.2, 0.25) is 0 Å². The van der Waals surface area contributed by atoms with E-state index in [1.54, 1.807) is 13.2 Å². The van der Waals surface area contributed by atoms with Crippen molar-refractivity contribution in [2.75, 3.05) is 19.0 Å². The van der Waals surface area contributed by atoms with E-state index < -0.39 is 0 Å². The molecule has 1 aromatic heterocycles. The number of nitrogens with one attached hydrogen (secondary N) is 1. The number of pyridine rings is 1. The predicted octanol–water partition coefficient (Wildman–Crippen LogP) is 2.95. The molecule has 3 nitrogen and oxygen atoms in total. The lowest BCUT2D eigenvalue weighted by atomic mass is 10.1. The largest absolute Gasteiger partial charge is 0.385 e. The summed E-state index contributed by atoms with van der Waals surface area (Å²) in [7, 11) is 1.63. The molecule has 90 valence electrons. The molecule has 0 saturated heterocycles. The number of fused-ring (bicyclic) bond motifs is 1. The van der Waals surface area contributed by atoms with Gasteiger partial charge in [0.25, 0.3) is 0 Å². The van der Waals surface area contributed by atoms with Gasteiger partial charge in [0.15, 0.2) is 0 Å². The summed E-state index contributed by atoms with van der Waals surface area (Å²) in [5, 5.41) is 4.01. The van der Waals surface area contributed by atoms with Crippen LogP contribution in [0, 0.1) is 5.82 Å². The Bertz CT molecular complexity index is 528. The van der Waals surface area contributed by atoms with Crippen LogP contribution in [0.5, 0.6) is 0 Å². The van der Waals surface area contributed by atoms with Gasteiger partial charge in [-0.3, -0.25) is 4.98 Å². The Balaban J connectivity index is 2.58. The van der Waals surface area contributed by atoms with Crippen molar-refractivity contribution in [3.05, 3.63) is 35.8 Å². The lowest BCUT2D eigenvalue weighted by molar-refractivity contribution is 0.182. The Morgan fingerprint density at radius 3 is 2.88 bits per heavy atom. The summed E-state index contributed by atoms with van der Waals surface area (Å²) >= 11 is 0. The molecule has 1 N–H and O–H groups in total. The quantitative estimate of drug-likeness (QED) is 0.883. The minimum Gasteiger partial charge on any atom is -0.385 e. The number of rotatable bonds is 4. The van der Waals surface area contributed by atoms with Gasteiger partial charge in [0, 0.05) is 24.7 Å². The van der Waals surface area contributed by atoms with E-state index in [1.165, 1.54) is 12.1 Å². The minimum atomic E-state index is -0.252. The van der Waals surface area contributed by atoms with Crippen LogP contribution in [0.15, 0.2) is 24.3 Å². The minimum absolute atomic E-state index is 0.252. The number of hydrogen-bond donors (Lipinski definition) is 1. The fourth-order valence-electron chi connectivity index (χ4n) is 1.81. The maximum Gasteiger partial charge on any atom is 0.124 e. The van der Waals surface area contributed by atoms with Crippen LogP contribution in [-0.4, -0.2) is 18.6 Å². The SMILES string of the molecule is CCNc1cc(COC)nc2ccc(F)cc12. The predicted molar refractivity (Wildman–Crippen MR) is 66.6 cm³/mol. The molecule has 1 heterocycles. The van der Waals surface area contributed by atoms with Crippen LogP contribution < -0.4 is 5.32 Å². The third-order valence-electron chi connectivity index (χ3n) is 2.48. The number of aromatic nitrogens is 1. The summed E-state index contributed by atoms with van der Waals surface area (Å²) in [5.41, 5.74) is 2.50. The van der Waals surface area contributed by atoms with Crippen LogP contribution in [0.3, 0.4) is 0 Å². The zero-order chi connectivity index (χ0) is 12.3. The van der Waals surface area contributed by atoms with Crippen LogP contribution in [0.2, 0.25) is 0 Å². The van der Waals surface area contributed by atoms with Gasteiger partial charge in [-0.15, -0.1) is 0 Å². The van der Waals surface area contributed by atoms with Crippen LogP contribution in [0.4, 0.5) is 10.1 Å². The molecule has 0 saturated carbocycles. The highest BCUT2D eigenvalue weighted by atomic mass is 19.1. The molecule has 4 heteroatoms. The third-order valence-corrected chi connectivity index (χ3v) is 2.48. The summed E-state index contributed by atoms with van der Waals surface area (Å²) in [6.07, 6.45) is 0. The monoisotopic (exact) mass is 234 g/mol. The first-order valence-electron chi connectivity index (χ1n) is 5.56. The summed E-state index contributed by atoms with van der Waals surface area (Å²) in [6.45, 7) is 3.23. The number of methoxy groups -OCH3 is 1. The molecule has 1 aromatic carbocycles. The molecule has 0 unspecified atom stereocenters. The van der Waals surface area contributed by atoms with E-state index in [9.17, 15) is 4.39 Å². The van der Waals surface area contributed by atoms with Crippen LogP contribution in [-0.2, 0) is 11.3 Å². The number of halogens is 1. The molecule has 2 rings (SSSR count). The van der Waals surface area contributed by atoms with E-state index in [-0.39, 0.29) is 5.82 Å². The van der Waals surface area contributed by atoms with Crippen LogP contribution >= 0.6 is 0 Å². The van der Waals surface area contributed by atoms with Gasteiger partial charge in [-0.05, 0) is 31.2 Å². The zero-order valence-electron chi connectivity index (χ0n) is 9.96. The number of benzene rings is 1. The molecule has 0 aliphatic heterocycles. The van der Waals surface area contributed by atoms with Gasteiger partial charge >= 0.3 is 0 Å². The maximum absolute atomic E-state index is 13.2. The standard InChI is InChI=1S/C13H15FN2O/c1-3-15-13-7-10(8-17-2)16-12-5-4-9(14)6-11(12)13/h4-7H,3,8H2,1-2H3,(H,15,16). The molecular formula is C13H15FN2O. The third kappa shape index (κ3) is 2.53. The molecule has 0 bridgehead atoms. The van der Waals surface area contributed by atoms with E-state index in [1.807, 2.05) is 13.0 Å². The van der Waals surface area contributed by atoms with Crippen molar-refractivity contribution < 1.29 is 9.13 Å². The second-order valence-electron chi connectivity index (χ2n) is 3.79. The van der Waals surface area contributed by atoms with Gasteiger partial charge in [-0.2, -0.15) is 0 Å². The number of hydrogen-bond acceptors (Lipinski definition) is 3. The van der Waals surface area contributed by atoms with Crippen molar-refractivity contribution in [2.45, 2.75) is 13.5 Å². The van der Waals surface area contributed by atoms with Gasteiger partial charge in [0.05, 0.1) is 17.8 Å². The molecule has 0 spiro atoms. The molecule has 0 aliphatic carbocycles. The Morgan fingerprint density at radius 2 is 2.18 bits per heavy atom. The van der Waals surface area contributed by atoms with Crippen molar-refractivity contribution in [1.82, 2.24) is 4.98 Å². The number of ether oxygens (including phenoxy) is 1. The van der Waals surface area contributed by atoms with E-state index >= 15 is 0 Å². The van der Waals surface area contributed by atoms with Crippen molar-refractivity contribution >= 4 is 16.6 Å². The van der Waals surface area contributed by atoms with E-state index in [4.69, 9.17) is 4.74 Å². The Hall–Kier alpha value is -1.68. The van der Waals surface area contributed by atoms with Crippen molar-refractivity contribution in [3.63, 3.8) is 0 Å². The highest BCUT2D eigenvalue weighted by Gasteiger charge is 2.06. The maximum atomic E-state index is 13.2. The lowest BCUT2D eigenvalue weighted by Gasteiger charge is -2.10. The van der Waals surface area contributed by atoms with Gasteiger partial charge in [0.1, 0.15) is 5.82 Å². The molecule has 0 fully saturated rings. The van der Waals surface area contributed by atoms with Crippen LogP contribution in [0.25, 0.3) is 10.9 Å². The van der Waals surface area contributed by atoms with Gasteiger partial charge < -0.3 is 10.1 Å².